The average Bonchev–Trinajstić information content (AvgIpc) is 2.56. The lowest BCUT2D eigenvalue weighted by Crippen LogP contribution is -2.26. The molecule has 0 aliphatic heterocycles. The molecule has 0 fully saturated rings. The van der Waals surface area contributed by atoms with E-state index >= 15 is 0 Å². The fourth-order valence-corrected chi connectivity index (χ4v) is 1.34. The van der Waals surface area contributed by atoms with Crippen molar-refractivity contribution in [3.8, 4) is 0 Å². The maximum atomic E-state index is 11.5. The maximum Gasteiger partial charge on any atom is 0.425 e. The summed E-state index contributed by atoms with van der Waals surface area (Å²) in [4.78, 5) is 53.1. The quantitative estimate of drug-likeness (QED) is 0.449. The largest absolute Gasteiger partial charge is 0.425 e. The zero-order valence-electron chi connectivity index (χ0n) is 11.0. The molecule has 2 rings (SSSR count). The molecule has 110 valence electrons. The first-order valence-electron chi connectivity index (χ1n) is 5.90. The van der Waals surface area contributed by atoms with E-state index in [1.165, 1.54) is 36.7 Å². The van der Waals surface area contributed by atoms with E-state index in [0.29, 0.717) is 0 Å². The molecule has 0 bridgehead atoms. The lowest BCUT2D eigenvalue weighted by molar-refractivity contribution is -0.160. The Balaban J connectivity index is 1.94. The van der Waals surface area contributed by atoms with Crippen molar-refractivity contribution < 1.29 is 28.7 Å². The molecule has 0 amide bonds. The third-order valence-electron chi connectivity index (χ3n) is 2.33. The molecule has 0 aromatic carbocycles. The summed E-state index contributed by atoms with van der Waals surface area (Å²) in [6, 6.07) is 5.58. The number of ether oxygens (including phenoxy) is 2. The Morgan fingerprint density at radius 1 is 0.727 bits per heavy atom. The summed E-state index contributed by atoms with van der Waals surface area (Å²) in [5.41, 5.74) is -0.0514. The average molecular weight is 300 g/mol. The molecule has 0 radical (unpaired) electrons. The first-order chi connectivity index (χ1) is 10.6. The molecule has 22 heavy (non-hydrogen) atoms. The first kappa shape index (κ1) is 15.0. The molecule has 2 aromatic heterocycles. The van der Waals surface area contributed by atoms with Gasteiger partial charge in [-0.2, -0.15) is 0 Å². The maximum absolute atomic E-state index is 11.5. The van der Waals surface area contributed by atoms with Crippen LogP contribution in [0.4, 0.5) is 0 Å². The van der Waals surface area contributed by atoms with E-state index in [0.717, 1.165) is 12.4 Å². The van der Waals surface area contributed by atoms with Crippen LogP contribution in [0.2, 0.25) is 0 Å². The molecule has 0 atom stereocenters. The van der Waals surface area contributed by atoms with Gasteiger partial charge in [0.05, 0.1) is 11.1 Å². The Labute approximate surface area is 123 Å². The van der Waals surface area contributed by atoms with Gasteiger partial charge in [0.2, 0.25) is 0 Å². The molecule has 8 nitrogen and oxygen atoms in total. The monoisotopic (exact) mass is 300 g/mol. The molecule has 0 saturated heterocycles. The van der Waals surface area contributed by atoms with Crippen LogP contribution in [0.5, 0.6) is 0 Å². The minimum absolute atomic E-state index is 0.0257. The normalized spacial score (nSPS) is 9.64. The fraction of sp³-hybridized carbons (Fsp3) is 0. The second-order valence-corrected chi connectivity index (χ2v) is 3.84. The van der Waals surface area contributed by atoms with Gasteiger partial charge in [0.25, 0.3) is 0 Å². The number of nitrogens with zero attached hydrogens (tertiary/aromatic N) is 2. The van der Waals surface area contributed by atoms with Gasteiger partial charge in [-0.1, -0.05) is 0 Å². The topological polar surface area (TPSA) is 113 Å². The molecule has 8 heteroatoms. The van der Waals surface area contributed by atoms with Crippen LogP contribution in [-0.4, -0.2) is 33.8 Å². The van der Waals surface area contributed by atoms with Gasteiger partial charge in [-0.25, -0.2) is 19.2 Å². The van der Waals surface area contributed by atoms with Crippen LogP contribution < -0.4 is 0 Å². The highest BCUT2D eigenvalue weighted by Gasteiger charge is 2.25. The van der Waals surface area contributed by atoms with Gasteiger partial charge in [-0.05, 0) is 24.3 Å². The van der Waals surface area contributed by atoms with Crippen molar-refractivity contribution in [1.82, 2.24) is 9.97 Å². The van der Waals surface area contributed by atoms with Crippen LogP contribution in [0.15, 0.2) is 49.1 Å². The van der Waals surface area contributed by atoms with Gasteiger partial charge in [0, 0.05) is 24.8 Å². The van der Waals surface area contributed by atoms with Gasteiger partial charge in [-0.15, -0.1) is 0 Å². The molecule has 0 N–H and O–H groups in total. The van der Waals surface area contributed by atoms with Gasteiger partial charge in [0.1, 0.15) is 0 Å². The Morgan fingerprint density at radius 3 is 1.45 bits per heavy atom. The van der Waals surface area contributed by atoms with Gasteiger partial charge >= 0.3 is 23.9 Å². The molecule has 0 saturated carbocycles. The third kappa shape index (κ3) is 3.79. The zero-order chi connectivity index (χ0) is 15.9. The lowest BCUT2D eigenvalue weighted by atomic mass is 10.3. The number of hydrogen-bond donors (Lipinski definition) is 0. The number of pyridine rings is 2. The van der Waals surface area contributed by atoms with Gasteiger partial charge in [0.15, 0.2) is 0 Å². The van der Waals surface area contributed by atoms with E-state index in [4.69, 9.17) is 0 Å². The Hall–Kier alpha value is -3.42. The van der Waals surface area contributed by atoms with E-state index < -0.39 is 23.9 Å². The van der Waals surface area contributed by atoms with E-state index in [1.54, 1.807) is 0 Å². The van der Waals surface area contributed by atoms with Crippen molar-refractivity contribution in [3.63, 3.8) is 0 Å². The molecule has 0 aliphatic carbocycles. The molecular weight excluding hydrogens is 292 g/mol. The SMILES string of the molecule is O=C(OC(=O)c1cccnc1)C(=O)OC(=O)c1cccnc1. The van der Waals surface area contributed by atoms with Crippen LogP contribution in [0.1, 0.15) is 20.7 Å². The number of carbonyl (C=O) groups excluding carboxylic acids is 4. The third-order valence-corrected chi connectivity index (χ3v) is 2.33. The standard InChI is InChI=1S/C14H8N2O6/c17-11(9-3-1-5-15-7-9)21-13(19)14(20)22-12(18)10-4-2-6-16-8-10/h1-8H. The number of rotatable bonds is 2. The van der Waals surface area contributed by atoms with Crippen LogP contribution >= 0.6 is 0 Å². The van der Waals surface area contributed by atoms with Crippen molar-refractivity contribution in [1.29, 1.82) is 0 Å². The predicted octanol–water partition coefficient (Wildman–Crippen LogP) is 0.544. The molecule has 0 unspecified atom stereocenters. The summed E-state index contributed by atoms with van der Waals surface area (Å²) >= 11 is 0. The van der Waals surface area contributed by atoms with E-state index in [9.17, 15) is 19.2 Å². The highest BCUT2D eigenvalue weighted by atomic mass is 16.6. The summed E-state index contributed by atoms with van der Waals surface area (Å²) in [7, 11) is 0. The van der Waals surface area contributed by atoms with Crippen molar-refractivity contribution in [2.75, 3.05) is 0 Å². The predicted molar refractivity (Wildman–Crippen MR) is 69.3 cm³/mol. The highest BCUT2D eigenvalue weighted by Crippen LogP contribution is 2.02. The van der Waals surface area contributed by atoms with Crippen molar-refractivity contribution in [3.05, 3.63) is 60.2 Å². The summed E-state index contributed by atoms with van der Waals surface area (Å²) in [5.74, 6) is -5.37. The molecule has 2 heterocycles. The van der Waals surface area contributed by atoms with Crippen LogP contribution in [0.3, 0.4) is 0 Å². The molecule has 0 spiro atoms. The number of hydrogen-bond acceptors (Lipinski definition) is 8. The molecular formula is C14H8N2O6. The summed E-state index contributed by atoms with van der Waals surface area (Å²) in [5, 5.41) is 0. The summed E-state index contributed by atoms with van der Waals surface area (Å²) in [6.45, 7) is 0. The van der Waals surface area contributed by atoms with E-state index in [1.807, 2.05) is 0 Å². The van der Waals surface area contributed by atoms with E-state index in [-0.39, 0.29) is 11.1 Å². The smallest absolute Gasteiger partial charge is 0.381 e. The van der Waals surface area contributed by atoms with E-state index in [2.05, 4.69) is 19.4 Å². The number of carbonyl (C=O) groups is 4. The number of aromatic nitrogens is 2. The minimum atomic E-state index is -1.61. The Bertz CT molecular complexity index is 651. The minimum Gasteiger partial charge on any atom is -0.381 e. The lowest BCUT2D eigenvalue weighted by Gasteiger charge is -2.03. The van der Waals surface area contributed by atoms with Crippen LogP contribution in [0, 0.1) is 0 Å². The second kappa shape index (κ2) is 6.84. The zero-order valence-corrected chi connectivity index (χ0v) is 11.0. The summed E-state index contributed by atoms with van der Waals surface area (Å²) in [6.07, 6.45) is 5.14. The van der Waals surface area contributed by atoms with Crippen LogP contribution in [-0.2, 0) is 19.1 Å². The molecule has 0 aliphatic rings. The Kier molecular flexibility index (Phi) is 4.66. The summed E-state index contributed by atoms with van der Waals surface area (Å²) < 4.78 is 8.55. The van der Waals surface area contributed by atoms with Gasteiger partial charge in [-0.3, -0.25) is 9.97 Å². The molecule has 2 aromatic rings. The van der Waals surface area contributed by atoms with Crippen molar-refractivity contribution in [2.24, 2.45) is 0 Å². The van der Waals surface area contributed by atoms with Crippen molar-refractivity contribution in [2.45, 2.75) is 0 Å². The van der Waals surface area contributed by atoms with Crippen LogP contribution in [0.25, 0.3) is 0 Å². The van der Waals surface area contributed by atoms with Crippen molar-refractivity contribution >= 4 is 23.9 Å². The Morgan fingerprint density at radius 2 is 1.14 bits per heavy atom. The second-order valence-electron chi connectivity index (χ2n) is 3.84. The number of esters is 4. The highest BCUT2D eigenvalue weighted by molar-refractivity contribution is 6.34. The fourth-order valence-electron chi connectivity index (χ4n) is 1.34. The first-order valence-corrected chi connectivity index (χ1v) is 5.90. The van der Waals surface area contributed by atoms with Gasteiger partial charge < -0.3 is 9.47 Å².